The number of piperazine rings is 1. The van der Waals surface area contributed by atoms with Gasteiger partial charge in [-0.05, 0) is 31.0 Å². The van der Waals surface area contributed by atoms with Crippen LogP contribution in [0.1, 0.15) is 12.8 Å². The standard InChI is InChI=1S/C17H20N4O2/c1-23-16-14-10-13(4-5-15(14)18-11-19-16)20-6-8-21(9-7-20)17(22)12-2-3-12/h4-5,10-12H,2-3,6-9H2,1H3. The molecular formula is C17H20N4O2. The van der Waals surface area contributed by atoms with Crippen molar-refractivity contribution >= 4 is 22.5 Å². The lowest BCUT2D eigenvalue weighted by Gasteiger charge is -2.36. The van der Waals surface area contributed by atoms with Crippen LogP contribution in [0.3, 0.4) is 0 Å². The van der Waals surface area contributed by atoms with Gasteiger partial charge >= 0.3 is 0 Å². The Morgan fingerprint density at radius 3 is 2.65 bits per heavy atom. The van der Waals surface area contributed by atoms with Crippen molar-refractivity contribution in [1.29, 1.82) is 0 Å². The summed E-state index contributed by atoms with van der Waals surface area (Å²) >= 11 is 0. The molecule has 0 radical (unpaired) electrons. The Morgan fingerprint density at radius 2 is 1.96 bits per heavy atom. The monoisotopic (exact) mass is 312 g/mol. The van der Waals surface area contributed by atoms with Crippen LogP contribution in [-0.4, -0.2) is 54.1 Å². The fraction of sp³-hybridized carbons (Fsp3) is 0.471. The van der Waals surface area contributed by atoms with E-state index < -0.39 is 0 Å². The molecule has 2 aliphatic rings. The van der Waals surface area contributed by atoms with Crippen LogP contribution in [0.4, 0.5) is 5.69 Å². The van der Waals surface area contributed by atoms with Gasteiger partial charge in [0.25, 0.3) is 0 Å². The summed E-state index contributed by atoms with van der Waals surface area (Å²) in [4.78, 5) is 24.9. The van der Waals surface area contributed by atoms with Gasteiger partial charge in [-0.15, -0.1) is 0 Å². The third-order valence-electron chi connectivity index (χ3n) is 4.66. The summed E-state index contributed by atoms with van der Waals surface area (Å²) in [6, 6.07) is 6.15. The van der Waals surface area contributed by atoms with Crippen molar-refractivity contribution < 1.29 is 9.53 Å². The van der Waals surface area contributed by atoms with Gasteiger partial charge in [0.2, 0.25) is 11.8 Å². The summed E-state index contributed by atoms with van der Waals surface area (Å²) in [7, 11) is 1.62. The Kier molecular flexibility index (Phi) is 3.52. The SMILES string of the molecule is COc1ncnc2ccc(N3CCN(C(=O)C4CC4)CC3)cc12. The second kappa shape index (κ2) is 5.68. The van der Waals surface area contributed by atoms with Gasteiger partial charge in [-0.2, -0.15) is 0 Å². The lowest BCUT2D eigenvalue weighted by atomic mass is 10.2. The van der Waals surface area contributed by atoms with E-state index in [0.29, 0.717) is 17.7 Å². The van der Waals surface area contributed by atoms with Crippen molar-refractivity contribution in [2.45, 2.75) is 12.8 Å². The van der Waals surface area contributed by atoms with E-state index in [1.54, 1.807) is 7.11 Å². The van der Waals surface area contributed by atoms with Crippen LogP contribution in [0.5, 0.6) is 5.88 Å². The van der Waals surface area contributed by atoms with E-state index >= 15 is 0 Å². The molecule has 0 N–H and O–H groups in total. The first-order valence-electron chi connectivity index (χ1n) is 8.09. The van der Waals surface area contributed by atoms with Crippen LogP contribution in [0.25, 0.3) is 10.9 Å². The summed E-state index contributed by atoms with van der Waals surface area (Å²) in [5.74, 6) is 1.25. The van der Waals surface area contributed by atoms with Crippen LogP contribution < -0.4 is 9.64 Å². The molecule has 1 amide bonds. The van der Waals surface area contributed by atoms with Crippen molar-refractivity contribution in [1.82, 2.24) is 14.9 Å². The number of anilines is 1. The molecule has 6 heteroatoms. The molecule has 1 aromatic carbocycles. The molecule has 1 aliphatic heterocycles. The first-order valence-corrected chi connectivity index (χ1v) is 8.09. The highest BCUT2D eigenvalue weighted by Gasteiger charge is 2.34. The van der Waals surface area contributed by atoms with Gasteiger partial charge in [0.05, 0.1) is 18.0 Å². The molecule has 1 aromatic heterocycles. The van der Waals surface area contributed by atoms with Gasteiger partial charge < -0.3 is 14.5 Å². The number of fused-ring (bicyclic) bond motifs is 1. The third kappa shape index (κ3) is 2.69. The van der Waals surface area contributed by atoms with E-state index in [0.717, 1.165) is 55.6 Å². The number of ether oxygens (including phenoxy) is 1. The maximum absolute atomic E-state index is 12.1. The summed E-state index contributed by atoms with van der Waals surface area (Å²) in [5, 5.41) is 0.920. The molecule has 1 saturated heterocycles. The first kappa shape index (κ1) is 14.2. The molecule has 23 heavy (non-hydrogen) atoms. The average molecular weight is 312 g/mol. The van der Waals surface area contributed by atoms with Crippen LogP contribution in [0.2, 0.25) is 0 Å². The summed E-state index contributed by atoms with van der Waals surface area (Å²) in [6.45, 7) is 3.32. The molecule has 1 aliphatic carbocycles. The van der Waals surface area contributed by atoms with Crippen LogP contribution >= 0.6 is 0 Å². The van der Waals surface area contributed by atoms with Crippen molar-refractivity contribution in [3.8, 4) is 5.88 Å². The normalized spacial score (nSPS) is 18.3. The highest BCUT2D eigenvalue weighted by molar-refractivity contribution is 5.87. The largest absolute Gasteiger partial charge is 0.480 e. The molecule has 2 fully saturated rings. The molecular weight excluding hydrogens is 292 g/mol. The van der Waals surface area contributed by atoms with Crippen molar-refractivity contribution in [2.75, 3.05) is 38.2 Å². The minimum absolute atomic E-state index is 0.309. The molecule has 2 aromatic rings. The first-order chi connectivity index (χ1) is 11.3. The number of hydrogen-bond acceptors (Lipinski definition) is 5. The van der Waals surface area contributed by atoms with Crippen molar-refractivity contribution in [3.05, 3.63) is 24.5 Å². The minimum Gasteiger partial charge on any atom is -0.480 e. The van der Waals surface area contributed by atoms with Gasteiger partial charge in [-0.1, -0.05) is 0 Å². The van der Waals surface area contributed by atoms with E-state index in [1.165, 1.54) is 6.33 Å². The van der Waals surface area contributed by atoms with E-state index in [-0.39, 0.29) is 0 Å². The highest BCUT2D eigenvalue weighted by atomic mass is 16.5. The number of rotatable bonds is 3. The van der Waals surface area contributed by atoms with Gasteiger partial charge in [0.1, 0.15) is 6.33 Å². The number of amides is 1. The topological polar surface area (TPSA) is 58.6 Å². The maximum Gasteiger partial charge on any atom is 0.225 e. The fourth-order valence-corrected chi connectivity index (χ4v) is 3.15. The molecule has 6 nitrogen and oxygen atoms in total. The number of hydrogen-bond donors (Lipinski definition) is 0. The smallest absolute Gasteiger partial charge is 0.225 e. The third-order valence-corrected chi connectivity index (χ3v) is 4.66. The van der Waals surface area contributed by atoms with Gasteiger partial charge in [0, 0.05) is 37.8 Å². The summed E-state index contributed by atoms with van der Waals surface area (Å²) in [5.41, 5.74) is 2.01. The van der Waals surface area contributed by atoms with Crippen molar-refractivity contribution in [3.63, 3.8) is 0 Å². The minimum atomic E-state index is 0.309. The van der Waals surface area contributed by atoms with Crippen LogP contribution in [0, 0.1) is 5.92 Å². The zero-order chi connectivity index (χ0) is 15.8. The number of methoxy groups -OCH3 is 1. The molecule has 1 saturated carbocycles. The number of carbonyl (C=O) groups excluding carboxylic acids is 1. The Bertz CT molecular complexity index is 736. The molecule has 2 heterocycles. The Morgan fingerprint density at radius 1 is 1.17 bits per heavy atom. The number of aromatic nitrogens is 2. The highest BCUT2D eigenvalue weighted by Crippen LogP contribution is 2.32. The average Bonchev–Trinajstić information content (AvgIpc) is 3.45. The predicted molar refractivity (Wildman–Crippen MR) is 87.6 cm³/mol. The number of benzene rings is 1. The maximum atomic E-state index is 12.1. The zero-order valence-electron chi connectivity index (χ0n) is 13.2. The summed E-state index contributed by atoms with van der Waals surface area (Å²) in [6.07, 6.45) is 3.66. The van der Waals surface area contributed by atoms with Gasteiger partial charge in [0.15, 0.2) is 0 Å². The second-order valence-electron chi connectivity index (χ2n) is 6.17. The molecule has 0 atom stereocenters. The van der Waals surface area contributed by atoms with E-state index in [2.05, 4.69) is 27.0 Å². The predicted octanol–water partition coefficient (Wildman–Crippen LogP) is 1.70. The number of nitrogens with zero attached hydrogens (tertiary/aromatic N) is 4. The second-order valence-corrected chi connectivity index (χ2v) is 6.17. The van der Waals surface area contributed by atoms with E-state index in [4.69, 9.17) is 4.74 Å². The molecule has 0 unspecified atom stereocenters. The zero-order valence-corrected chi connectivity index (χ0v) is 13.2. The molecule has 0 bridgehead atoms. The van der Waals surface area contributed by atoms with E-state index in [9.17, 15) is 4.79 Å². The van der Waals surface area contributed by atoms with Crippen molar-refractivity contribution in [2.24, 2.45) is 5.92 Å². The molecule has 4 rings (SSSR count). The Hall–Kier alpha value is -2.37. The molecule has 120 valence electrons. The van der Waals surface area contributed by atoms with Gasteiger partial charge in [-0.3, -0.25) is 4.79 Å². The van der Waals surface area contributed by atoms with E-state index in [1.807, 2.05) is 11.0 Å². The number of carbonyl (C=O) groups is 1. The van der Waals surface area contributed by atoms with Crippen LogP contribution in [-0.2, 0) is 4.79 Å². The fourth-order valence-electron chi connectivity index (χ4n) is 3.15. The Balaban J connectivity index is 1.52. The lowest BCUT2D eigenvalue weighted by molar-refractivity contribution is -0.132. The quantitative estimate of drug-likeness (QED) is 0.863. The van der Waals surface area contributed by atoms with Gasteiger partial charge in [-0.25, -0.2) is 9.97 Å². The molecule has 0 spiro atoms. The Labute approximate surface area is 135 Å². The van der Waals surface area contributed by atoms with Crippen LogP contribution in [0.15, 0.2) is 24.5 Å². The summed E-state index contributed by atoms with van der Waals surface area (Å²) < 4.78 is 5.33. The lowest BCUT2D eigenvalue weighted by Crippen LogP contribution is -2.49.